The zero-order valence-corrected chi connectivity index (χ0v) is 26.9. The lowest BCUT2D eigenvalue weighted by Crippen LogP contribution is -2.32. The Kier molecular flexibility index (Phi) is 10.6. The molecule has 16 heteroatoms. The van der Waals surface area contributed by atoms with Crippen molar-refractivity contribution in [2.75, 3.05) is 13.7 Å². The van der Waals surface area contributed by atoms with E-state index in [-0.39, 0.29) is 40.5 Å². The number of rotatable bonds is 5. The fraction of sp³-hybridized carbons (Fsp3) is 0.353. The third-order valence-corrected chi connectivity index (χ3v) is 8.24. The van der Waals surface area contributed by atoms with Crippen LogP contribution >= 0.6 is 0 Å². The number of halogens is 10. The number of ether oxygens (including phenoxy) is 2. The third-order valence-electron chi connectivity index (χ3n) is 8.24. The molecule has 0 spiro atoms. The first kappa shape index (κ1) is 38.0. The van der Waals surface area contributed by atoms with E-state index >= 15 is 0 Å². The normalized spacial score (nSPS) is 19.6. The maximum absolute atomic E-state index is 14.3. The van der Waals surface area contributed by atoms with E-state index in [2.05, 4.69) is 11.3 Å². The summed E-state index contributed by atoms with van der Waals surface area (Å²) in [6.45, 7) is 8.41. The minimum absolute atomic E-state index is 0.0699. The van der Waals surface area contributed by atoms with Gasteiger partial charge >= 0.3 is 30.7 Å². The van der Waals surface area contributed by atoms with Gasteiger partial charge in [0.05, 0.1) is 35.3 Å². The molecule has 2 heterocycles. The Hall–Kier alpha value is -4.76. The van der Waals surface area contributed by atoms with Gasteiger partial charge < -0.3 is 14.4 Å². The molecule has 2 aliphatic rings. The van der Waals surface area contributed by atoms with Gasteiger partial charge in [0.25, 0.3) is 0 Å². The summed E-state index contributed by atoms with van der Waals surface area (Å²) in [5.41, 5.74) is -4.08. The van der Waals surface area contributed by atoms with Crippen LogP contribution < -0.4 is 0 Å². The summed E-state index contributed by atoms with van der Waals surface area (Å²) in [4.78, 5) is 25.8. The van der Waals surface area contributed by atoms with Crippen molar-refractivity contribution in [2.24, 2.45) is 0 Å². The highest BCUT2D eigenvalue weighted by atomic mass is 19.4. The Morgan fingerprint density at radius 1 is 0.820 bits per heavy atom. The number of carbonyl (C=O) groups is 2. The van der Waals surface area contributed by atoms with Gasteiger partial charge in [-0.2, -0.15) is 39.5 Å². The SMILES string of the molecule is C=C(C)c1cc(-c2ccc(C(F)(F)F)cc2CN2C(=O)O[C@H](c3cc(C(F)(F)F)cc(C(F)(F)F)c3)[C@@H]2C)ccc1F.CC1COC(=O)N1C. The minimum Gasteiger partial charge on any atom is -0.447 e. The summed E-state index contributed by atoms with van der Waals surface area (Å²) < 4.78 is 145. The summed E-state index contributed by atoms with van der Waals surface area (Å²) >= 11 is 0. The van der Waals surface area contributed by atoms with Crippen molar-refractivity contribution in [3.63, 3.8) is 0 Å². The average molecular weight is 721 g/mol. The summed E-state index contributed by atoms with van der Waals surface area (Å²) in [5.74, 6) is -0.626. The first-order chi connectivity index (χ1) is 23.0. The van der Waals surface area contributed by atoms with Crippen LogP contribution in [0.25, 0.3) is 16.7 Å². The molecular weight excluding hydrogens is 690 g/mol. The maximum atomic E-state index is 14.3. The number of hydrogen-bond donors (Lipinski definition) is 0. The van der Waals surface area contributed by atoms with Gasteiger partial charge in [0.15, 0.2) is 0 Å². The molecule has 3 atom stereocenters. The van der Waals surface area contributed by atoms with Crippen LogP contribution in [0, 0.1) is 5.82 Å². The molecule has 2 fully saturated rings. The van der Waals surface area contributed by atoms with Gasteiger partial charge in [0, 0.05) is 12.6 Å². The molecule has 270 valence electrons. The van der Waals surface area contributed by atoms with Crippen LogP contribution in [0.1, 0.15) is 60.3 Å². The minimum atomic E-state index is -5.15. The second-order valence-corrected chi connectivity index (χ2v) is 11.9. The Morgan fingerprint density at radius 3 is 1.86 bits per heavy atom. The zero-order chi connectivity index (χ0) is 37.5. The highest BCUT2D eigenvalue weighted by Crippen LogP contribution is 2.42. The van der Waals surface area contributed by atoms with Crippen LogP contribution in [-0.2, 0) is 34.5 Å². The largest absolute Gasteiger partial charge is 0.447 e. The molecule has 0 aromatic heterocycles. The van der Waals surface area contributed by atoms with Crippen LogP contribution in [0.2, 0.25) is 0 Å². The van der Waals surface area contributed by atoms with Crippen molar-refractivity contribution in [2.45, 2.75) is 64.0 Å². The number of hydrogen-bond acceptors (Lipinski definition) is 4. The molecule has 2 amide bonds. The molecule has 3 aromatic rings. The molecule has 3 aromatic carbocycles. The molecular formula is C34H30F10N2O4. The molecule has 0 aliphatic carbocycles. The van der Waals surface area contributed by atoms with Gasteiger partial charge in [-0.25, -0.2) is 14.0 Å². The molecule has 0 N–H and O–H groups in total. The number of carbonyl (C=O) groups excluding carboxylic acids is 2. The Labute approximate surface area is 279 Å². The lowest BCUT2D eigenvalue weighted by Gasteiger charge is -2.24. The van der Waals surface area contributed by atoms with E-state index in [0.717, 1.165) is 29.2 Å². The smallest absolute Gasteiger partial charge is 0.416 e. The molecule has 5 rings (SSSR count). The second kappa shape index (κ2) is 13.9. The van der Waals surface area contributed by atoms with Gasteiger partial charge in [0.2, 0.25) is 0 Å². The molecule has 0 saturated carbocycles. The topological polar surface area (TPSA) is 59.1 Å². The number of likely N-dealkylation sites (N-methyl/N-ethyl adjacent to an activating group) is 1. The summed E-state index contributed by atoms with van der Waals surface area (Å²) in [5, 5.41) is 0. The van der Waals surface area contributed by atoms with Gasteiger partial charge in [-0.15, -0.1) is 0 Å². The molecule has 2 aliphatic heterocycles. The number of benzene rings is 3. The van der Waals surface area contributed by atoms with Crippen LogP contribution in [-0.4, -0.2) is 47.7 Å². The fourth-order valence-corrected chi connectivity index (χ4v) is 5.27. The van der Waals surface area contributed by atoms with Crippen molar-refractivity contribution in [3.8, 4) is 11.1 Å². The molecule has 1 unspecified atom stereocenters. The quantitative estimate of drug-likeness (QED) is 0.246. The number of cyclic esters (lactones) is 2. The number of alkyl halides is 9. The molecule has 0 radical (unpaired) electrons. The summed E-state index contributed by atoms with van der Waals surface area (Å²) in [6.07, 6.45) is -18.1. The van der Waals surface area contributed by atoms with Crippen molar-refractivity contribution >= 4 is 17.8 Å². The first-order valence-electron chi connectivity index (χ1n) is 14.8. The van der Waals surface area contributed by atoms with Gasteiger partial charge in [0.1, 0.15) is 18.5 Å². The monoisotopic (exact) mass is 720 g/mol. The van der Waals surface area contributed by atoms with Crippen LogP contribution in [0.3, 0.4) is 0 Å². The number of nitrogens with zero attached hydrogens (tertiary/aromatic N) is 2. The van der Waals surface area contributed by atoms with Crippen molar-refractivity contribution in [3.05, 3.63) is 100 Å². The van der Waals surface area contributed by atoms with Crippen LogP contribution in [0.5, 0.6) is 0 Å². The number of allylic oxidation sites excluding steroid dienone is 1. The first-order valence-corrected chi connectivity index (χ1v) is 14.8. The van der Waals surface area contributed by atoms with E-state index in [9.17, 15) is 53.5 Å². The fourth-order valence-electron chi connectivity index (χ4n) is 5.27. The lowest BCUT2D eigenvalue weighted by atomic mass is 9.93. The zero-order valence-electron chi connectivity index (χ0n) is 26.9. The van der Waals surface area contributed by atoms with E-state index in [1.54, 1.807) is 11.9 Å². The van der Waals surface area contributed by atoms with Crippen LogP contribution in [0.15, 0.2) is 61.2 Å². The summed E-state index contributed by atoms with van der Waals surface area (Å²) in [6, 6.07) is 6.29. The van der Waals surface area contributed by atoms with Crippen LogP contribution in [0.4, 0.5) is 53.5 Å². The summed E-state index contributed by atoms with van der Waals surface area (Å²) in [7, 11) is 1.74. The van der Waals surface area contributed by atoms with Gasteiger partial charge in [-0.3, -0.25) is 4.90 Å². The predicted octanol–water partition coefficient (Wildman–Crippen LogP) is 10.1. The average Bonchev–Trinajstić information content (AvgIpc) is 3.47. The van der Waals surface area contributed by atoms with Crippen molar-refractivity contribution < 1.29 is 63.0 Å². The third kappa shape index (κ3) is 8.33. The Morgan fingerprint density at radius 2 is 1.40 bits per heavy atom. The highest BCUT2D eigenvalue weighted by Gasteiger charge is 2.44. The predicted molar refractivity (Wildman–Crippen MR) is 161 cm³/mol. The number of amides is 2. The van der Waals surface area contributed by atoms with E-state index in [0.29, 0.717) is 24.3 Å². The van der Waals surface area contributed by atoms with Gasteiger partial charge in [-0.1, -0.05) is 18.7 Å². The van der Waals surface area contributed by atoms with E-state index in [4.69, 9.17) is 4.74 Å². The van der Waals surface area contributed by atoms with E-state index in [1.807, 2.05) is 6.92 Å². The van der Waals surface area contributed by atoms with Crippen molar-refractivity contribution in [1.82, 2.24) is 9.80 Å². The highest BCUT2D eigenvalue weighted by molar-refractivity contribution is 5.75. The van der Waals surface area contributed by atoms with E-state index < -0.39 is 71.4 Å². The van der Waals surface area contributed by atoms with Crippen molar-refractivity contribution in [1.29, 1.82) is 0 Å². The lowest BCUT2D eigenvalue weighted by molar-refractivity contribution is -0.143. The molecule has 50 heavy (non-hydrogen) atoms. The standard InChI is InChI=1S/C29H21F10NO2.C5H9NO2/c1-14(2)23-11-16(4-7-24(23)30)22-6-5-19(27(31,32)33)10-18(22)13-40-15(3)25(42-26(40)41)17-8-20(28(34,35)36)12-21(9-17)29(37,38)39;1-4-3-8-5(7)6(4)2/h4-12,15,25H,1,13H2,2-3H3;4H,3H2,1-2H3/t15-,25-;/m0./s1. The molecule has 6 nitrogen and oxygen atoms in total. The van der Waals surface area contributed by atoms with E-state index in [1.165, 1.54) is 26.0 Å². The van der Waals surface area contributed by atoms with Gasteiger partial charge in [-0.05, 0) is 91.1 Å². The molecule has 2 saturated heterocycles. The second-order valence-electron chi connectivity index (χ2n) is 11.9. The maximum Gasteiger partial charge on any atom is 0.416 e. The Balaban J connectivity index is 0.000000616. The molecule has 0 bridgehead atoms. The Bertz CT molecular complexity index is 1750.